The first-order valence-electron chi connectivity index (χ1n) is 9.80. The number of carbonyl (C=O) groups excluding carboxylic acids is 1. The van der Waals surface area contributed by atoms with E-state index < -0.39 is 17.8 Å². The summed E-state index contributed by atoms with van der Waals surface area (Å²) in [5.41, 5.74) is 0.924. The third-order valence-corrected chi connectivity index (χ3v) is 5.46. The number of alkyl halides is 3. The van der Waals surface area contributed by atoms with Gasteiger partial charge in [-0.1, -0.05) is 24.3 Å². The molecule has 1 atom stereocenters. The van der Waals surface area contributed by atoms with Crippen molar-refractivity contribution >= 4 is 11.6 Å². The number of aryl methyl sites for hydroxylation is 1. The number of nitrogens with zero attached hydrogens (tertiary/aromatic N) is 3. The Hall–Kier alpha value is -3.62. The number of amides is 1. The Bertz CT molecular complexity index is 1260. The minimum Gasteiger partial charge on any atom is -0.463 e. The first-order valence-corrected chi connectivity index (χ1v) is 9.80. The molecule has 31 heavy (non-hydrogen) atoms. The first-order chi connectivity index (χ1) is 14.9. The summed E-state index contributed by atoms with van der Waals surface area (Å²) in [7, 11) is 0. The smallest absolute Gasteiger partial charge is 0.433 e. The predicted molar refractivity (Wildman–Crippen MR) is 105 cm³/mol. The molecule has 158 valence electrons. The van der Waals surface area contributed by atoms with Gasteiger partial charge < -0.3 is 9.73 Å². The largest absolute Gasteiger partial charge is 0.463 e. The Balaban J connectivity index is 1.56. The van der Waals surface area contributed by atoms with Gasteiger partial charge in [-0.15, -0.1) is 0 Å². The second kappa shape index (κ2) is 7.26. The number of halogens is 3. The summed E-state index contributed by atoms with van der Waals surface area (Å²) in [5.74, 6) is -0.351. The number of hydrogen-bond acceptors (Lipinski definition) is 4. The van der Waals surface area contributed by atoms with Gasteiger partial charge in [0.2, 0.25) is 0 Å². The molecule has 3 aromatic heterocycles. The van der Waals surface area contributed by atoms with Gasteiger partial charge in [-0.05, 0) is 48.6 Å². The molecule has 0 bridgehead atoms. The lowest BCUT2D eigenvalue weighted by Gasteiger charge is -2.26. The number of hydrogen-bond donors (Lipinski definition) is 1. The number of fused-ring (bicyclic) bond motifs is 2. The predicted octanol–water partition coefficient (Wildman–Crippen LogP) is 4.82. The topological polar surface area (TPSA) is 72.4 Å². The van der Waals surface area contributed by atoms with Crippen LogP contribution in [-0.2, 0) is 12.6 Å². The number of nitrogens with one attached hydrogen (secondary N) is 1. The van der Waals surface area contributed by atoms with Crippen LogP contribution in [0.15, 0.2) is 59.3 Å². The zero-order valence-corrected chi connectivity index (χ0v) is 16.2. The van der Waals surface area contributed by atoms with Crippen molar-refractivity contribution in [2.45, 2.75) is 31.5 Å². The number of furan rings is 1. The van der Waals surface area contributed by atoms with Crippen LogP contribution >= 0.6 is 0 Å². The van der Waals surface area contributed by atoms with Crippen LogP contribution in [0.2, 0.25) is 0 Å². The standard InChI is InChI=1S/C22H17F3N4O2/c23-22(24,25)19-11-17(18-9-4-10-31-18)27-20-15(12-26-29(19)20)21(30)28-16-8-3-6-13-5-1-2-7-14(13)16/h1-2,4-5,7,9-12,16H,3,6,8H2,(H,28,30)/t16-/m1/s1. The summed E-state index contributed by atoms with van der Waals surface area (Å²) in [4.78, 5) is 17.3. The van der Waals surface area contributed by atoms with Crippen molar-refractivity contribution in [3.05, 3.63) is 77.3 Å². The molecule has 6 nitrogen and oxygen atoms in total. The molecule has 1 amide bonds. The van der Waals surface area contributed by atoms with E-state index in [0.29, 0.717) is 4.52 Å². The molecule has 0 spiro atoms. The van der Waals surface area contributed by atoms with Gasteiger partial charge in [-0.25, -0.2) is 9.50 Å². The highest BCUT2D eigenvalue weighted by Gasteiger charge is 2.36. The highest BCUT2D eigenvalue weighted by Crippen LogP contribution is 2.33. The van der Waals surface area contributed by atoms with Crippen molar-refractivity contribution in [1.82, 2.24) is 19.9 Å². The molecule has 1 aliphatic carbocycles. The van der Waals surface area contributed by atoms with Gasteiger partial charge in [0.25, 0.3) is 5.91 Å². The summed E-state index contributed by atoms with van der Waals surface area (Å²) in [6.07, 6.45) is 0.371. The zero-order valence-electron chi connectivity index (χ0n) is 16.2. The van der Waals surface area contributed by atoms with Gasteiger partial charge >= 0.3 is 6.18 Å². The lowest BCUT2D eigenvalue weighted by atomic mass is 9.87. The minimum atomic E-state index is -4.69. The van der Waals surface area contributed by atoms with Crippen LogP contribution in [-0.4, -0.2) is 20.5 Å². The van der Waals surface area contributed by atoms with Crippen LogP contribution in [0.1, 0.15) is 46.1 Å². The van der Waals surface area contributed by atoms with E-state index in [9.17, 15) is 18.0 Å². The fraction of sp³-hybridized carbons (Fsp3) is 0.227. The number of carbonyl (C=O) groups is 1. The minimum absolute atomic E-state index is 0.0256. The summed E-state index contributed by atoms with van der Waals surface area (Å²) >= 11 is 0. The zero-order chi connectivity index (χ0) is 21.6. The van der Waals surface area contributed by atoms with E-state index in [1.54, 1.807) is 6.07 Å². The summed E-state index contributed by atoms with van der Waals surface area (Å²) in [6.45, 7) is 0. The van der Waals surface area contributed by atoms with E-state index in [2.05, 4.69) is 15.4 Å². The Morgan fingerprint density at radius 3 is 2.81 bits per heavy atom. The maximum Gasteiger partial charge on any atom is 0.433 e. The number of rotatable bonds is 3. The summed E-state index contributed by atoms with van der Waals surface area (Å²) in [5, 5.41) is 6.75. The van der Waals surface area contributed by atoms with Gasteiger partial charge in [0.1, 0.15) is 11.3 Å². The highest BCUT2D eigenvalue weighted by molar-refractivity contribution is 6.00. The van der Waals surface area contributed by atoms with Gasteiger partial charge in [-0.3, -0.25) is 4.79 Å². The number of benzene rings is 1. The van der Waals surface area contributed by atoms with Crippen LogP contribution < -0.4 is 5.32 Å². The fourth-order valence-corrected chi connectivity index (χ4v) is 4.02. The molecule has 1 aliphatic rings. The Morgan fingerprint density at radius 2 is 2.03 bits per heavy atom. The molecule has 0 fully saturated rings. The molecule has 1 N–H and O–H groups in total. The lowest BCUT2D eigenvalue weighted by molar-refractivity contribution is -0.142. The van der Waals surface area contributed by atoms with Gasteiger partial charge in [0, 0.05) is 0 Å². The van der Waals surface area contributed by atoms with Crippen LogP contribution in [0.25, 0.3) is 17.1 Å². The average Bonchev–Trinajstić information content (AvgIpc) is 3.42. The second-order valence-electron chi connectivity index (χ2n) is 7.41. The maximum atomic E-state index is 13.7. The van der Waals surface area contributed by atoms with Crippen molar-refractivity contribution in [2.75, 3.05) is 0 Å². The van der Waals surface area contributed by atoms with Crippen molar-refractivity contribution < 1.29 is 22.4 Å². The molecule has 4 aromatic rings. The molecule has 0 radical (unpaired) electrons. The molecule has 0 unspecified atom stereocenters. The molecule has 0 aliphatic heterocycles. The molecule has 3 heterocycles. The molecule has 1 aromatic carbocycles. The summed E-state index contributed by atoms with van der Waals surface area (Å²) in [6, 6.07) is 11.5. The van der Waals surface area contributed by atoms with E-state index in [1.165, 1.54) is 12.3 Å². The van der Waals surface area contributed by atoms with E-state index in [4.69, 9.17) is 4.42 Å². The van der Waals surface area contributed by atoms with Crippen molar-refractivity contribution in [2.24, 2.45) is 0 Å². The quantitative estimate of drug-likeness (QED) is 0.510. The first kappa shape index (κ1) is 19.3. The Kier molecular flexibility index (Phi) is 4.53. The summed E-state index contributed by atoms with van der Waals surface area (Å²) < 4.78 is 46.9. The van der Waals surface area contributed by atoms with E-state index in [1.807, 2.05) is 24.3 Å². The normalized spacial score (nSPS) is 16.3. The van der Waals surface area contributed by atoms with Gasteiger partial charge in [-0.2, -0.15) is 18.3 Å². The van der Waals surface area contributed by atoms with Crippen molar-refractivity contribution in [3.63, 3.8) is 0 Å². The third-order valence-electron chi connectivity index (χ3n) is 5.46. The fourth-order valence-electron chi connectivity index (χ4n) is 4.02. The van der Waals surface area contributed by atoms with Gasteiger partial charge in [0.05, 0.1) is 18.5 Å². The molecule has 0 saturated heterocycles. The maximum absolute atomic E-state index is 13.7. The van der Waals surface area contributed by atoms with Crippen LogP contribution in [0.5, 0.6) is 0 Å². The second-order valence-corrected chi connectivity index (χ2v) is 7.41. The lowest BCUT2D eigenvalue weighted by Crippen LogP contribution is -2.31. The molecular formula is C22H17F3N4O2. The van der Waals surface area contributed by atoms with Crippen LogP contribution in [0.4, 0.5) is 13.2 Å². The van der Waals surface area contributed by atoms with Crippen molar-refractivity contribution in [3.8, 4) is 11.5 Å². The van der Waals surface area contributed by atoms with E-state index in [-0.39, 0.29) is 28.7 Å². The van der Waals surface area contributed by atoms with E-state index >= 15 is 0 Å². The molecule has 9 heteroatoms. The number of aromatic nitrogens is 3. The molecule has 5 rings (SSSR count). The average molecular weight is 426 g/mol. The monoisotopic (exact) mass is 426 g/mol. The third kappa shape index (κ3) is 3.45. The van der Waals surface area contributed by atoms with Gasteiger partial charge in [0.15, 0.2) is 17.1 Å². The molecular weight excluding hydrogens is 409 g/mol. The Morgan fingerprint density at radius 1 is 1.19 bits per heavy atom. The van der Waals surface area contributed by atoms with Crippen molar-refractivity contribution in [1.29, 1.82) is 0 Å². The van der Waals surface area contributed by atoms with E-state index in [0.717, 1.165) is 42.7 Å². The van der Waals surface area contributed by atoms with Crippen LogP contribution in [0.3, 0.4) is 0 Å². The Labute approximate surface area is 174 Å². The SMILES string of the molecule is O=C(N[C@@H]1CCCc2ccccc21)c1cnn2c(C(F)(F)F)cc(-c3ccco3)nc12. The van der Waals surface area contributed by atoms with Crippen LogP contribution in [0, 0.1) is 0 Å². The highest BCUT2D eigenvalue weighted by atomic mass is 19.4. The molecule has 0 saturated carbocycles.